The van der Waals surface area contributed by atoms with Crippen molar-refractivity contribution >= 4 is 65.8 Å². The zero-order valence-electron chi connectivity index (χ0n) is 21.0. The molecule has 0 aliphatic heterocycles. The van der Waals surface area contributed by atoms with E-state index in [4.69, 9.17) is 0 Å². The predicted octanol–water partition coefficient (Wildman–Crippen LogP) is 8.92. The van der Waals surface area contributed by atoms with Gasteiger partial charge in [-0.15, -0.1) is 0 Å². The lowest BCUT2D eigenvalue weighted by atomic mass is 9.68. The van der Waals surface area contributed by atoms with Crippen LogP contribution in [0.5, 0.6) is 0 Å². The van der Waals surface area contributed by atoms with Gasteiger partial charge < -0.3 is 0 Å². The van der Waals surface area contributed by atoms with Crippen molar-refractivity contribution in [3.8, 4) is 0 Å². The Morgan fingerprint density at radius 3 is 0.718 bits per heavy atom. The molecule has 0 heteroatoms. The highest BCUT2D eigenvalue weighted by Gasteiger charge is 2.57. The molecule has 0 fully saturated rings. The first kappa shape index (κ1) is 16.3. The van der Waals surface area contributed by atoms with Crippen molar-refractivity contribution in [2.24, 2.45) is 17.8 Å². The minimum absolute atomic E-state index is 0.539. The average Bonchev–Trinajstić information content (AvgIpc) is 3.74. The van der Waals surface area contributed by atoms with E-state index in [1.54, 1.807) is 133 Å². The molecular weight excluding hydrogens is 468 g/mol. The van der Waals surface area contributed by atoms with Gasteiger partial charge in [-0.25, -0.2) is 0 Å². The monoisotopic (exact) mass is 486 g/mol. The van der Waals surface area contributed by atoms with Crippen LogP contribution >= 0.6 is 0 Å². The molecule has 0 atom stereocenters. The van der Waals surface area contributed by atoms with Crippen LogP contribution in [0.1, 0.15) is 104 Å². The van der Waals surface area contributed by atoms with E-state index >= 15 is 0 Å². The summed E-state index contributed by atoms with van der Waals surface area (Å²) in [6.45, 7) is 0. The lowest BCUT2D eigenvalue weighted by Crippen LogP contribution is -2.21. The first-order valence-corrected chi connectivity index (χ1v) is 15.3. The zero-order valence-corrected chi connectivity index (χ0v) is 21.0. The standard InChI is InChI=1S/C39H18/c1-10-4-16-6-12-2-14-8-18-9-15-3-13-7-17-5-11(1)20-19(10)28-25(16)30-21(12)23(14)32-27(18)33-24(15)22(13)31-26(17)29(20)35-34(28)36(30)38(32)39(33)37(31)35/h4-9,16-18,25-27H,1-3H2. The van der Waals surface area contributed by atoms with Gasteiger partial charge in [0, 0.05) is 35.5 Å². The molecule has 39 heavy (non-hydrogen) atoms. The van der Waals surface area contributed by atoms with Crippen molar-refractivity contribution in [1.29, 1.82) is 0 Å². The highest BCUT2D eigenvalue weighted by atomic mass is 14.6. The normalized spacial score (nSPS) is 34.8. The van der Waals surface area contributed by atoms with Crippen molar-refractivity contribution in [1.82, 2.24) is 0 Å². The molecule has 0 amide bonds. The Morgan fingerprint density at radius 1 is 0.308 bits per heavy atom. The van der Waals surface area contributed by atoms with Gasteiger partial charge in [0.25, 0.3) is 0 Å². The van der Waals surface area contributed by atoms with E-state index in [-0.39, 0.29) is 0 Å². The van der Waals surface area contributed by atoms with Crippen molar-refractivity contribution in [3.05, 3.63) is 103 Å². The van der Waals surface area contributed by atoms with Crippen LogP contribution < -0.4 is 0 Å². The lowest BCUT2D eigenvalue weighted by Gasteiger charge is -2.35. The topological polar surface area (TPSA) is 0 Å². The van der Waals surface area contributed by atoms with Crippen molar-refractivity contribution in [2.75, 3.05) is 0 Å². The highest BCUT2D eigenvalue weighted by molar-refractivity contribution is 6.39. The van der Waals surface area contributed by atoms with Crippen LogP contribution in [0.4, 0.5) is 0 Å². The zero-order chi connectivity index (χ0) is 23.7. The minimum atomic E-state index is 0.539. The van der Waals surface area contributed by atoms with E-state index in [1.807, 2.05) is 0 Å². The van der Waals surface area contributed by atoms with E-state index in [2.05, 4.69) is 36.5 Å². The molecule has 0 heterocycles. The number of benzene rings is 4. The first-order chi connectivity index (χ1) is 19.3. The molecule has 0 radical (unpaired) electrons. The van der Waals surface area contributed by atoms with Gasteiger partial charge in [-0.1, -0.05) is 36.5 Å². The van der Waals surface area contributed by atoms with Crippen LogP contribution in [-0.4, -0.2) is 0 Å². The molecule has 0 spiro atoms. The Morgan fingerprint density at radius 2 is 0.513 bits per heavy atom. The Labute approximate surface area is 223 Å². The summed E-state index contributed by atoms with van der Waals surface area (Å²) >= 11 is 0. The number of hydrogen-bond donors (Lipinski definition) is 0. The van der Waals surface area contributed by atoms with Crippen LogP contribution in [-0.2, 0) is 0 Å². The molecule has 0 nitrogen and oxygen atoms in total. The molecule has 0 saturated heterocycles. The van der Waals surface area contributed by atoms with Gasteiger partial charge in [-0.3, -0.25) is 0 Å². The van der Waals surface area contributed by atoms with Crippen molar-refractivity contribution in [2.45, 2.75) is 37.0 Å². The fraction of sp³-hybridized carbons (Fsp3) is 0.231. The summed E-state index contributed by atoms with van der Waals surface area (Å²) < 4.78 is 0. The van der Waals surface area contributed by atoms with Gasteiger partial charge in [0.15, 0.2) is 0 Å². The summed E-state index contributed by atoms with van der Waals surface area (Å²) in [7, 11) is 0. The fourth-order valence-electron chi connectivity index (χ4n) is 13.5. The second kappa shape index (κ2) is 4.13. The predicted molar refractivity (Wildman–Crippen MR) is 157 cm³/mol. The van der Waals surface area contributed by atoms with Gasteiger partial charge in [0.1, 0.15) is 0 Å². The van der Waals surface area contributed by atoms with E-state index in [1.165, 1.54) is 0 Å². The Bertz CT molecular complexity index is 2100. The van der Waals surface area contributed by atoms with Crippen LogP contribution in [0, 0.1) is 17.8 Å². The van der Waals surface area contributed by atoms with E-state index in [0.29, 0.717) is 35.5 Å². The SMILES string of the molecule is C1=C2CC3=CC4C=C5CC6=CC7C=C8CC9=CC1C1c%10c2c3c2c3c%10c%10c1c9c8c1c%10c8c(c6c5c(c38)C24)C17. The molecule has 0 N–H and O–H groups in total. The van der Waals surface area contributed by atoms with Gasteiger partial charge in [-0.2, -0.15) is 0 Å². The lowest BCUT2D eigenvalue weighted by molar-refractivity contribution is 0.674. The number of hydrogen-bond acceptors (Lipinski definition) is 0. The second-order valence-electron chi connectivity index (χ2n) is 14.8. The molecule has 12 aliphatic carbocycles. The first-order valence-electron chi connectivity index (χ1n) is 15.3. The van der Waals surface area contributed by atoms with E-state index < -0.39 is 0 Å². The smallest absolute Gasteiger partial charge is 0.0212 e. The summed E-state index contributed by atoms with van der Waals surface area (Å²) in [5, 5.41) is 10.4. The highest BCUT2D eigenvalue weighted by Crippen LogP contribution is 2.76. The summed E-state index contributed by atoms with van der Waals surface area (Å²) in [6, 6.07) is 0. The van der Waals surface area contributed by atoms with Gasteiger partial charge in [0.2, 0.25) is 0 Å². The fourth-order valence-corrected chi connectivity index (χ4v) is 13.5. The summed E-state index contributed by atoms with van der Waals surface area (Å²) in [5.74, 6) is 3.27. The van der Waals surface area contributed by atoms with Crippen LogP contribution in [0.2, 0.25) is 0 Å². The van der Waals surface area contributed by atoms with Crippen molar-refractivity contribution in [3.63, 3.8) is 0 Å². The Kier molecular flexibility index (Phi) is 1.72. The average molecular weight is 487 g/mol. The summed E-state index contributed by atoms with van der Waals surface area (Å²) in [5.41, 5.74) is 30.8. The minimum Gasteiger partial charge on any atom is -0.0725 e. The van der Waals surface area contributed by atoms with E-state index in [0.717, 1.165) is 19.3 Å². The maximum Gasteiger partial charge on any atom is 0.0212 e. The van der Waals surface area contributed by atoms with E-state index in [9.17, 15) is 0 Å². The molecular formula is C39H18. The van der Waals surface area contributed by atoms with Gasteiger partial charge in [0.05, 0.1) is 0 Å². The number of allylic oxidation sites excluding steroid dienone is 12. The molecule has 0 saturated carbocycles. The molecule has 4 aromatic rings. The maximum absolute atomic E-state index is 2.75. The molecule has 0 unspecified atom stereocenters. The van der Waals surface area contributed by atoms with Crippen LogP contribution in [0.3, 0.4) is 0 Å². The third-order valence-corrected chi connectivity index (χ3v) is 13.9. The third-order valence-electron chi connectivity index (χ3n) is 13.9. The molecule has 12 aliphatic rings. The largest absolute Gasteiger partial charge is 0.0725 e. The number of rotatable bonds is 0. The molecule has 16 rings (SSSR count). The second-order valence-corrected chi connectivity index (χ2v) is 14.8. The van der Waals surface area contributed by atoms with Crippen LogP contribution in [0.15, 0.2) is 36.5 Å². The van der Waals surface area contributed by atoms with Gasteiger partial charge in [-0.05, 0) is 152 Å². The van der Waals surface area contributed by atoms with Gasteiger partial charge >= 0.3 is 0 Å². The maximum atomic E-state index is 2.75. The van der Waals surface area contributed by atoms with Crippen LogP contribution in [0.25, 0.3) is 65.8 Å². The molecule has 0 aromatic heterocycles. The Hall–Kier alpha value is -3.90. The molecule has 174 valence electrons. The van der Waals surface area contributed by atoms with Crippen molar-refractivity contribution < 1.29 is 0 Å². The molecule has 0 bridgehead atoms. The Balaban J connectivity index is 1.37. The summed E-state index contributed by atoms with van der Waals surface area (Å²) in [4.78, 5) is 0. The third kappa shape index (κ3) is 1.13. The molecule has 4 aromatic carbocycles. The summed E-state index contributed by atoms with van der Waals surface area (Å²) in [6.07, 6.45) is 20.0. The quantitative estimate of drug-likeness (QED) is 0.218.